The van der Waals surface area contributed by atoms with Crippen LogP contribution >= 0.6 is 15.9 Å². The van der Waals surface area contributed by atoms with Crippen molar-refractivity contribution in [2.45, 2.75) is 12.5 Å². The van der Waals surface area contributed by atoms with Crippen LogP contribution in [0.15, 0.2) is 51.6 Å². The quantitative estimate of drug-likeness (QED) is 0.679. The van der Waals surface area contributed by atoms with Gasteiger partial charge in [0.15, 0.2) is 10.4 Å². The van der Waals surface area contributed by atoms with E-state index in [1.807, 2.05) is 30.3 Å². The van der Waals surface area contributed by atoms with Gasteiger partial charge in [-0.25, -0.2) is 4.79 Å². The molecular formula is C17H17BrN2O5. The molecule has 0 bridgehead atoms. The number of halogens is 1. The number of carbonyl (C=O) groups is 3. The standard InChI is InChI=1S/C17H17BrN2O5/c1-24-17(23)12(9-11-5-3-2-4-6-11)20-15(21)10-19-16(22)13-7-8-14(18)25-13/h2-8,12H,9-10H2,1H3,(H,19,22)(H,20,21)/t12-/m1/s1. The highest BCUT2D eigenvalue weighted by Crippen LogP contribution is 2.13. The van der Waals surface area contributed by atoms with Gasteiger partial charge in [-0.2, -0.15) is 0 Å². The zero-order chi connectivity index (χ0) is 18.2. The topological polar surface area (TPSA) is 97.6 Å². The van der Waals surface area contributed by atoms with E-state index in [4.69, 9.17) is 9.15 Å². The number of carbonyl (C=O) groups excluding carboxylic acids is 3. The minimum absolute atomic E-state index is 0.0773. The lowest BCUT2D eigenvalue weighted by Gasteiger charge is -2.16. The lowest BCUT2D eigenvalue weighted by atomic mass is 10.1. The maximum Gasteiger partial charge on any atom is 0.328 e. The molecule has 8 heteroatoms. The number of amides is 2. The number of methoxy groups -OCH3 is 1. The first-order valence-corrected chi connectivity index (χ1v) is 8.23. The summed E-state index contributed by atoms with van der Waals surface area (Å²) < 4.78 is 10.2. The fraction of sp³-hybridized carbons (Fsp3) is 0.235. The van der Waals surface area contributed by atoms with Gasteiger partial charge >= 0.3 is 5.97 Å². The smallest absolute Gasteiger partial charge is 0.328 e. The molecule has 7 nitrogen and oxygen atoms in total. The molecular weight excluding hydrogens is 392 g/mol. The summed E-state index contributed by atoms with van der Waals surface area (Å²) in [6.07, 6.45) is 0.290. The first-order valence-electron chi connectivity index (χ1n) is 7.44. The number of rotatable bonds is 7. The Morgan fingerprint density at radius 1 is 1.16 bits per heavy atom. The molecule has 0 aliphatic carbocycles. The molecule has 0 saturated heterocycles. The van der Waals surface area contributed by atoms with Crippen molar-refractivity contribution in [1.82, 2.24) is 10.6 Å². The van der Waals surface area contributed by atoms with Crippen LogP contribution in [0.4, 0.5) is 0 Å². The number of ether oxygens (including phenoxy) is 1. The molecule has 25 heavy (non-hydrogen) atoms. The number of furan rings is 1. The zero-order valence-electron chi connectivity index (χ0n) is 13.5. The second kappa shape index (κ2) is 9.03. The lowest BCUT2D eigenvalue weighted by molar-refractivity contribution is -0.144. The Balaban J connectivity index is 1.90. The molecule has 0 aliphatic rings. The van der Waals surface area contributed by atoms with Gasteiger partial charge < -0.3 is 19.8 Å². The Bertz CT molecular complexity index is 745. The van der Waals surface area contributed by atoms with Crippen LogP contribution in [0.25, 0.3) is 0 Å². The van der Waals surface area contributed by atoms with Crippen molar-refractivity contribution in [2.24, 2.45) is 0 Å². The van der Waals surface area contributed by atoms with E-state index in [1.54, 1.807) is 6.07 Å². The van der Waals surface area contributed by atoms with Crippen LogP contribution in [0.2, 0.25) is 0 Å². The number of esters is 1. The van der Waals surface area contributed by atoms with E-state index in [0.717, 1.165) is 5.56 Å². The molecule has 2 aromatic rings. The van der Waals surface area contributed by atoms with Crippen LogP contribution in [0.5, 0.6) is 0 Å². The van der Waals surface area contributed by atoms with Crippen molar-refractivity contribution in [3.63, 3.8) is 0 Å². The molecule has 0 radical (unpaired) electrons. The third kappa shape index (κ3) is 5.75. The molecule has 1 aromatic heterocycles. The van der Waals surface area contributed by atoms with Crippen molar-refractivity contribution in [2.75, 3.05) is 13.7 Å². The van der Waals surface area contributed by atoms with Crippen LogP contribution in [0.1, 0.15) is 16.1 Å². The Morgan fingerprint density at radius 3 is 2.48 bits per heavy atom. The van der Waals surface area contributed by atoms with Gasteiger partial charge in [0.05, 0.1) is 13.7 Å². The van der Waals surface area contributed by atoms with Gasteiger partial charge in [0.1, 0.15) is 6.04 Å². The van der Waals surface area contributed by atoms with E-state index in [-0.39, 0.29) is 12.3 Å². The minimum Gasteiger partial charge on any atom is -0.467 e. The minimum atomic E-state index is -0.838. The summed E-state index contributed by atoms with van der Waals surface area (Å²) in [5.74, 6) is -1.52. The van der Waals surface area contributed by atoms with Crippen molar-refractivity contribution >= 4 is 33.7 Å². The fourth-order valence-electron chi connectivity index (χ4n) is 2.11. The molecule has 0 unspecified atom stereocenters. The number of hydrogen-bond acceptors (Lipinski definition) is 5. The largest absolute Gasteiger partial charge is 0.467 e. The van der Waals surface area contributed by atoms with Gasteiger partial charge in [-0.3, -0.25) is 9.59 Å². The van der Waals surface area contributed by atoms with Gasteiger partial charge in [0.25, 0.3) is 5.91 Å². The van der Waals surface area contributed by atoms with Gasteiger partial charge in [-0.15, -0.1) is 0 Å². The molecule has 0 saturated carbocycles. The number of benzene rings is 1. The maximum atomic E-state index is 12.0. The highest BCUT2D eigenvalue weighted by Gasteiger charge is 2.22. The van der Waals surface area contributed by atoms with E-state index in [9.17, 15) is 14.4 Å². The van der Waals surface area contributed by atoms with E-state index in [2.05, 4.69) is 26.6 Å². The van der Waals surface area contributed by atoms with Gasteiger partial charge in [0.2, 0.25) is 5.91 Å². The van der Waals surface area contributed by atoms with Gasteiger partial charge in [-0.1, -0.05) is 30.3 Å². The average molecular weight is 409 g/mol. The van der Waals surface area contributed by atoms with Gasteiger partial charge in [-0.05, 0) is 33.6 Å². The van der Waals surface area contributed by atoms with E-state index in [1.165, 1.54) is 13.2 Å². The Hall–Kier alpha value is -2.61. The second-order valence-corrected chi connectivity index (χ2v) is 5.90. The van der Waals surface area contributed by atoms with Crippen LogP contribution < -0.4 is 10.6 Å². The lowest BCUT2D eigenvalue weighted by Crippen LogP contribution is -2.47. The van der Waals surface area contributed by atoms with Crippen LogP contribution in [-0.2, 0) is 20.7 Å². The first kappa shape index (κ1) is 18.7. The SMILES string of the molecule is COC(=O)[C@@H](Cc1ccccc1)NC(=O)CNC(=O)c1ccc(Br)o1. The summed E-state index contributed by atoms with van der Waals surface area (Å²) in [6, 6.07) is 11.4. The van der Waals surface area contributed by atoms with E-state index >= 15 is 0 Å². The van der Waals surface area contributed by atoms with E-state index in [0.29, 0.717) is 11.1 Å². The Labute approximate surface area is 152 Å². The summed E-state index contributed by atoms with van der Waals surface area (Å²) in [6.45, 7) is -0.292. The third-order valence-corrected chi connectivity index (χ3v) is 3.74. The monoisotopic (exact) mass is 408 g/mol. The average Bonchev–Trinajstić information content (AvgIpc) is 3.06. The molecule has 1 aromatic carbocycles. The third-order valence-electron chi connectivity index (χ3n) is 3.31. The predicted octanol–water partition coefficient (Wildman–Crippen LogP) is 1.67. The molecule has 2 rings (SSSR count). The Kier molecular flexibility index (Phi) is 6.76. The highest BCUT2D eigenvalue weighted by molar-refractivity contribution is 9.10. The van der Waals surface area contributed by atoms with Gasteiger partial charge in [0, 0.05) is 6.42 Å². The maximum absolute atomic E-state index is 12.0. The van der Waals surface area contributed by atoms with Crippen LogP contribution in [0, 0.1) is 0 Å². The van der Waals surface area contributed by atoms with Crippen molar-refractivity contribution < 1.29 is 23.5 Å². The van der Waals surface area contributed by atoms with Crippen LogP contribution in [0.3, 0.4) is 0 Å². The summed E-state index contributed by atoms with van der Waals surface area (Å²) >= 11 is 3.09. The number of nitrogens with one attached hydrogen (secondary N) is 2. The second-order valence-electron chi connectivity index (χ2n) is 5.12. The Morgan fingerprint density at radius 2 is 1.88 bits per heavy atom. The fourth-order valence-corrected chi connectivity index (χ4v) is 2.42. The normalized spacial score (nSPS) is 11.4. The summed E-state index contributed by atoms with van der Waals surface area (Å²) in [4.78, 5) is 35.7. The summed E-state index contributed by atoms with van der Waals surface area (Å²) in [5, 5.41) is 4.98. The van der Waals surface area contributed by atoms with E-state index < -0.39 is 23.8 Å². The molecule has 1 heterocycles. The molecule has 0 spiro atoms. The summed E-state index contributed by atoms with van der Waals surface area (Å²) in [7, 11) is 1.25. The molecule has 0 fully saturated rings. The van der Waals surface area contributed by atoms with Crippen molar-refractivity contribution in [3.8, 4) is 0 Å². The number of hydrogen-bond donors (Lipinski definition) is 2. The predicted molar refractivity (Wildman–Crippen MR) is 92.8 cm³/mol. The van der Waals surface area contributed by atoms with Crippen molar-refractivity contribution in [1.29, 1.82) is 0 Å². The van der Waals surface area contributed by atoms with Crippen molar-refractivity contribution in [3.05, 3.63) is 58.5 Å². The zero-order valence-corrected chi connectivity index (χ0v) is 15.0. The first-order chi connectivity index (χ1) is 12.0. The molecule has 1 atom stereocenters. The molecule has 0 aliphatic heterocycles. The molecule has 132 valence electrons. The highest BCUT2D eigenvalue weighted by atomic mass is 79.9. The molecule has 2 amide bonds. The van der Waals surface area contributed by atoms with Crippen LogP contribution in [-0.4, -0.2) is 37.5 Å². The molecule has 2 N–H and O–H groups in total. The summed E-state index contributed by atoms with van der Waals surface area (Å²) in [5.41, 5.74) is 0.877.